The lowest BCUT2D eigenvalue weighted by atomic mass is 10.0. The average Bonchev–Trinajstić information content (AvgIpc) is 3.14. The molecule has 0 spiro atoms. The van der Waals surface area contributed by atoms with E-state index in [9.17, 15) is 14.4 Å². The summed E-state index contributed by atoms with van der Waals surface area (Å²) in [5.41, 5.74) is 12.1. The Hall–Kier alpha value is -2.94. The first-order chi connectivity index (χ1) is 15.3. The van der Waals surface area contributed by atoms with Gasteiger partial charge in [0.05, 0.1) is 5.69 Å². The van der Waals surface area contributed by atoms with Gasteiger partial charge in [-0.05, 0) is 35.9 Å². The molecule has 3 amide bonds. The number of nitrogens with one attached hydrogen (secondary N) is 1. The van der Waals surface area contributed by atoms with Crippen LogP contribution in [0.15, 0.2) is 30.3 Å². The van der Waals surface area contributed by atoms with E-state index in [1.165, 1.54) is 4.90 Å². The van der Waals surface area contributed by atoms with Crippen molar-refractivity contribution >= 4 is 34.9 Å². The van der Waals surface area contributed by atoms with Gasteiger partial charge in [-0.15, -0.1) is 0 Å². The summed E-state index contributed by atoms with van der Waals surface area (Å²) < 4.78 is 3.96. The van der Waals surface area contributed by atoms with E-state index < -0.39 is 17.9 Å². The second kappa shape index (κ2) is 12.2. The van der Waals surface area contributed by atoms with E-state index in [4.69, 9.17) is 11.5 Å². The SMILES string of the molecule is CCCCC(C(=O)NCCC(C)C)N(Cc1ccccc1)C(=O)c1snc(C(N)=O)c1N. The molecule has 1 aromatic carbocycles. The van der Waals surface area contributed by atoms with Crippen LogP contribution >= 0.6 is 11.5 Å². The molecule has 1 aromatic heterocycles. The van der Waals surface area contributed by atoms with E-state index in [0.29, 0.717) is 18.9 Å². The summed E-state index contributed by atoms with van der Waals surface area (Å²) in [7, 11) is 0. The number of aromatic nitrogens is 1. The number of nitrogens with zero attached hydrogens (tertiary/aromatic N) is 2. The maximum absolute atomic E-state index is 13.6. The molecule has 1 heterocycles. The Balaban J connectivity index is 2.40. The molecule has 32 heavy (non-hydrogen) atoms. The van der Waals surface area contributed by atoms with E-state index in [2.05, 4.69) is 23.5 Å². The van der Waals surface area contributed by atoms with Gasteiger partial charge in [0.1, 0.15) is 10.9 Å². The first kappa shape index (κ1) is 25.3. The number of carbonyl (C=O) groups excluding carboxylic acids is 3. The summed E-state index contributed by atoms with van der Waals surface area (Å²) in [6.07, 6.45) is 3.04. The van der Waals surface area contributed by atoms with Crippen molar-refractivity contribution in [1.82, 2.24) is 14.6 Å². The van der Waals surface area contributed by atoms with Crippen molar-refractivity contribution < 1.29 is 14.4 Å². The molecule has 8 nitrogen and oxygen atoms in total. The summed E-state index contributed by atoms with van der Waals surface area (Å²) in [5.74, 6) is -0.963. The number of nitrogens with two attached hydrogens (primary N) is 2. The van der Waals surface area contributed by atoms with Gasteiger partial charge in [-0.1, -0.05) is 63.9 Å². The minimum absolute atomic E-state index is 0.0416. The zero-order chi connectivity index (χ0) is 23.7. The summed E-state index contributed by atoms with van der Waals surface area (Å²) in [5, 5.41) is 2.98. The number of anilines is 1. The van der Waals surface area contributed by atoms with Gasteiger partial charge in [-0.2, -0.15) is 4.37 Å². The highest BCUT2D eigenvalue weighted by Crippen LogP contribution is 2.26. The third kappa shape index (κ3) is 6.78. The number of benzene rings is 1. The third-order valence-corrected chi connectivity index (χ3v) is 5.99. The van der Waals surface area contributed by atoms with Crippen molar-refractivity contribution in [3.05, 3.63) is 46.5 Å². The molecule has 2 aromatic rings. The molecule has 0 saturated carbocycles. The normalized spacial score (nSPS) is 11.9. The molecule has 0 radical (unpaired) electrons. The molecule has 0 aliphatic heterocycles. The second-order valence-corrected chi connectivity index (χ2v) is 8.96. The molecular weight excluding hydrogens is 426 g/mol. The quantitative estimate of drug-likeness (QED) is 0.448. The number of rotatable bonds is 12. The van der Waals surface area contributed by atoms with E-state index in [-0.39, 0.29) is 28.7 Å². The monoisotopic (exact) mass is 459 g/mol. The summed E-state index contributed by atoms with van der Waals surface area (Å²) >= 11 is 0.827. The van der Waals surface area contributed by atoms with Gasteiger partial charge in [0.25, 0.3) is 11.8 Å². The Morgan fingerprint density at radius 2 is 1.84 bits per heavy atom. The molecular formula is C23H33N5O3S. The molecule has 0 fully saturated rings. The molecule has 9 heteroatoms. The number of primary amides is 1. The van der Waals surface area contributed by atoms with Gasteiger partial charge in [0.15, 0.2) is 5.69 Å². The van der Waals surface area contributed by atoms with Crippen LogP contribution in [0.4, 0.5) is 5.69 Å². The van der Waals surface area contributed by atoms with Crippen LogP contribution in [0, 0.1) is 5.92 Å². The predicted octanol–water partition coefficient (Wildman–Crippen LogP) is 3.19. The van der Waals surface area contributed by atoms with Crippen LogP contribution in [-0.2, 0) is 11.3 Å². The number of unbranched alkanes of at least 4 members (excludes halogenated alkanes) is 1. The molecule has 2 rings (SSSR count). The Labute approximate surface area is 193 Å². The largest absolute Gasteiger partial charge is 0.395 e. The van der Waals surface area contributed by atoms with Gasteiger partial charge in [-0.3, -0.25) is 14.4 Å². The molecule has 0 aliphatic carbocycles. The zero-order valence-corrected chi connectivity index (χ0v) is 19.8. The Kier molecular flexibility index (Phi) is 9.64. The van der Waals surface area contributed by atoms with Gasteiger partial charge in [0, 0.05) is 13.1 Å². The van der Waals surface area contributed by atoms with Crippen LogP contribution in [0.1, 0.15) is 72.2 Å². The van der Waals surface area contributed by atoms with Crippen molar-refractivity contribution in [2.24, 2.45) is 11.7 Å². The number of nitrogen functional groups attached to an aromatic ring is 1. The fourth-order valence-corrected chi connectivity index (χ4v) is 4.05. The van der Waals surface area contributed by atoms with Gasteiger partial charge < -0.3 is 21.7 Å². The van der Waals surface area contributed by atoms with Crippen LogP contribution in [-0.4, -0.2) is 39.6 Å². The smallest absolute Gasteiger partial charge is 0.270 e. The minimum Gasteiger partial charge on any atom is -0.395 e. The van der Waals surface area contributed by atoms with Gasteiger partial charge in [0.2, 0.25) is 5.91 Å². The van der Waals surface area contributed by atoms with E-state index >= 15 is 0 Å². The lowest BCUT2D eigenvalue weighted by Gasteiger charge is -2.31. The van der Waals surface area contributed by atoms with Crippen molar-refractivity contribution in [1.29, 1.82) is 0 Å². The molecule has 174 valence electrons. The van der Waals surface area contributed by atoms with Gasteiger partial charge in [-0.25, -0.2) is 0 Å². The Morgan fingerprint density at radius 3 is 2.41 bits per heavy atom. The van der Waals surface area contributed by atoms with Crippen LogP contribution in [0.2, 0.25) is 0 Å². The molecule has 0 aliphatic rings. The van der Waals surface area contributed by atoms with Crippen molar-refractivity contribution in [2.45, 2.75) is 59.0 Å². The Bertz CT molecular complexity index is 914. The van der Waals surface area contributed by atoms with E-state index in [1.807, 2.05) is 37.3 Å². The molecule has 1 atom stereocenters. The predicted molar refractivity (Wildman–Crippen MR) is 127 cm³/mol. The second-order valence-electron chi connectivity index (χ2n) is 8.19. The van der Waals surface area contributed by atoms with Crippen molar-refractivity contribution in [3.63, 3.8) is 0 Å². The summed E-state index contributed by atoms with van der Waals surface area (Å²) in [6.45, 7) is 7.00. The standard InChI is InChI=1S/C23H33N5O3S/c1-4-5-11-17(22(30)26-13-12-15(2)3)28(14-16-9-7-6-8-10-16)23(31)20-18(24)19(21(25)29)27-32-20/h6-10,15,17H,4-5,11-14,24H2,1-3H3,(H2,25,29)(H,26,30). The number of hydrogen-bond acceptors (Lipinski definition) is 6. The fourth-order valence-electron chi connectivity index (χ4n) is 3.29. The van der Waals surface area contributed by atoms with E-state index in [1.54, 1.807) is 0 Å². The highest BCUT2D eigenvalue weighted by molar-refractivity contribution is 7.09. The summed E-state index contributed by atoms with van der Waals surface area (Å²) in [4.78, 5) is 40.0. The van der Waals surface area contributed by atoms with Gasteiger partial charge >= 0.3 is 0 Å². The average molecular weight is 460 g/mol. The third-order valence-electron chi connectivity index (χ3n) is 5.14. The van der Waals surface area contributed by atoms with Crippen LogP contribution in [0.3, 0.4) is 0 Å². The molecule has 5 N–H and O–H groups in total. The first-order valence-corrected chi connectivity index (χ1v) is 11.7. The zero-order valence-electron chi connectivity index (χ0n) is 19.0. The maximum Gasteiger partial charge on any atom is 0.270 e. The van der Waals surface area contributed by atoms with Crippen molar-refractivity contribution in [2.75, 3.05) is 12.3 Å². The van der Waals surface area contributed by atoms with Crippen LogP contribution in [0.25, 0.3) is 0 Å². The van der Waals surface area contributed by atoms with Crippen LogP contribution < -0.4 is 16.8 Å². The first-order valence-electron chi connectivity index (χ1n) is 10.9. The maximum atomic E-state index is 13.6. The number of carbonyl (C=O) groups is 3. The van der Waals surface area contributed by atoms with Crippen molar-refractivity contribution in [3.8, 4) is 0 Å². The topological polar surface area (TPSA) is 131 Å². The summed E-state index contributed by atoms with van der Waals surface area (Å²) in [6, 6.07) is 8.79. The fraction of sp³-hybridized carbons (Fsp3) is 0.478. The molecule has 0 saturated heterocycles. The van der Waals surface area contributed by atoms with E-state index in [0.717, 1.165) is 36.4 Å². The number of hydrogen-bond donors (Lipinski definition) is 3. The Morgan fingerprint density at radius 1 is 1.16 bits per heavy atom. The molecule has 0 bridgehead atoms. The highest BCUT2D eigenvalue weighted by atomic mass is 32.1. The number of amides is 3. The lowest BCUT2D eigenvalue weighted by molar-refractivity contribution is -0.126. The van der Waals surface area contributed by atoms with Crippen LogP contribution in [0.5, 0.6) is 0 Å². The minimum atomic E-state index is -0.790. The molecule has 1 unspecified atom stereocenters. The lowest BCUT2D eigenvalue weighted by Crippen LogP contribution is -2.49. The highest BCUT2D eigenvalue weighted by Gasteiger charge is 2.33.